The number of hydrogen-bond donors (Lipinski definition) is 2. The van der Waals surface area contributed by atoms with E-state index in [9.17, 15) is 4.79 Å². The smallest absolute Gasteiger partial charge is 0.234 e. The summed E-state index contributed by atoms with van der Waals surface area (Å²) in [7, 11) is 3.70. The van der Waals surface area contributed by atoms with Gasteiger partial charge in [0.15, 0.2) is 0 Å². The summed E-state index contributed by atoms with van der Waals surface area (Å²) in [4.78, 5) is 18.0. The number of amides is 1. The largest absolute Gasteiger partial charge is 0.373 e. The number of nitrogens with zero attached hydrogens (tertiary/aromatic N) is 2. The van der Waals surface area contributed by atoms with Crippen LogP contribution in [0.15, 0.2) is 12.1 Å². The quantitative estimate of drug-likeness (QED) is 0.830. The van der Waals surface area contributed by atoms with Gasteiger partial charge in [-0.15, -0.1) is 0 Å². The van der Waals surface area contributed by atoms with Crippen molar-refractivity contribution in [3.8, 4) is 0 Å². The number of anilines is 1. The van der Waals surface area contributed by atoms with Crippen LogP contribution in [-0.4, -0.2) is 42.5 Å². The first-order chi connectivity index (χ1) is 9.08. The van der Waals surface area contributed by atoms with Crippen LogP contribution in [0.4, 0.5) is 5.82 Å². The Bertz CT molecular complexity index is 462. The Labute approximate surface area is 118 Å². The molecule has 1 aliphatic carbocycles. The molecular weight excluding hydrogens is 264 g/mol. The van der Waals surface area contributed by atoms with E-state index < -0.39 is 0 Å². The van der Waals surface area contributed by atoms with Crippen LogP contribution < -0.4 is 10.6 Å². The van der Waals surface area contributed by atoms with Crippen molar-refractivity contribution in [1.29, 1.82) is 0 Å². The van der Waals surface area contributed by atoms with E-state index in [0.717, 1.165) is 24.4 Å². The van der Waals surface area contributed by atoms with Gasteiger partial charge in [0, 0.05) is 19.6 Å². The summed E-state index contributed by atoms with van der Waals surface area (Å²) in [5.74, 6) is 0.834. The monoisotopic (exact) mass is 282 g/mol. The number of aromatic nitrogens is 1. The van der Waals surface area contributed by atoms with Gasteiger partial charge in [-0.3, -0.25) is 9.69 Å². The summed E-state index contributed by atoms with van der Waals surface area (Å²) in [6.45, 7) is 0.907. The molecule has 2 rings (SSSR count). The zero-order valence-corrected chi connectivity index (χ0v) is 12.0. The van der Waals surface area contributed by atoms with Crippen LogP contribution in [0.5, 0.6) is 0 Å². The van der Waals surface area contributed by atoms with E-state index in [-0.39, 0.29) is 5.91 Å². The predicted molar refractivity (Wildman–Crippen MR) is 76.3 cm³/mol. The van der Waals surface area contributed by atoms with Gasteiger partial charge in [-0.25, -0.2) is 4.98 Å². The third kappa shape index (κ3) is 4.36. The number of likely N-dealkylation sites (N-methyl/N-ethyl adjacent to an activating group) is 1. The van der Waals surface area contributed by atoms with Crippen molar-refractivity contribution in [2.24, 2.45) is 0 Å². The van der Waals surface area contributed by atoms with Crippen molar-refractivity contribution >= 4 is 23.3 Å². The van der Waals surface area contributed by atoms with Crippen molar-refractivity contribution in [3.05, 3.63) is 22.8 Å². The van der Waals surface area contributed by atoms with E-state index in [1.165, 1.54) is 0 Å². The van der Waals surface area contributed by atoms with Gasteiger partial charge in [-0.05, 0) is 32.0 Å². The fraction of sp³-hybridized carbons (Fsp3) is 0.538. The lowest BCUT2D eigenvalue weighted by Gasteiger charge is -2.17. The number of hydrogen-bond acceptors (Lipinski definition) is 4. The molecule has 1 heterocycles. The van der Waals surface area contributed by atoms with E-state index in [0.29, 0.717) is 24.2 Å². The molecule has 5 nitrogen and oxygen atoms in total. The van der Waals surface area contributed by atoms with Gasteiger partial charge in [0.1, 0.15) is 5.82 Å². The minimum Gasteiger partial charge on any atom is -0.373 e. The van der Waals surface area contributed by atoms with Gasteiger partial charge in [-0.1, -0.05) is 11.6 Å². The maximum Gasteiger partial charge on any atom is 0.234 e. The Balaban J connectivity index is 1.89. The molecule has 0 bridgehead atoms. The molecule has 1 fully saturated rings. The van der Waals surface area contributed by atoms with Crippen LogP contribution in [0.2, 0.25) is 5.02 Å². The fourth-order valence-electron chi connectivity index (χ4n) is 1.79. The fourth-order valence-corrected chi connectivity index (χ4v) is 1.96. The van der Waals surface area contributed by atoms with E-state index >= 15 is 0 Å². The maximum atomic E-state index is 11.7. The normalized spacial score (nSPS) is 14.5. The first-order valence-corrected chi connectivity index (χ1v) is 6.77. The van der Waals surface area contributed by atoms with Crippen molar-refractivity contribution in [2.45, 2.75) is 25.4 Å². The standard InChI is InChI=1S/C13H19ClN4O/c1-15-12-6-5-10(14)11(17-12)7-18(2)8-13(19)16-9-3-4-9/h5-6,9H,3-4,7-8H2,1-2H3,(H,15,17)(H,16,19). The molecular formula is C13H19ClN4O. The van der Waals surface area contributed by atoms with Crippen LogP contribution in [0, 0.1) is 0 Å². The maximum absolute atomic E-state index is 11.7. The first kappa shape index (κ1) is 14.1. The van der Waals surface area contributed by atoms with Crippen molar-refractivity contribution < 1.29 is 4.79 Å². The van der Waals surface area contributed by atoms with Crippen LogP contribution in [-0.2, 0) is 11.3 Å². The van der Waals surface area contributed by atoms with Crippen molar-refractivity contribution in [3.63, 3.8) is 0 Å². The molecule has 6 heteroatoms. The van der Waals surface area contributed by atoms with Crippen molar-refractivity contribution in [2.75, 3.05) is 26.0 Å². The minimum atomic E-state index is 0.0610. The second kappa shape index (κ2) is 6.21. The van der Waals surface area contributed by atoms with Crippen LogP contribution in [0.1, 0.15) is 18.5 Å². The Morgan fingerprint density at radius 3 is 2.89 bits per heavy atom. The molecule has 104 valence electrons. The minimum absolute atomic E-state index is 0.0610. The lowest BCUT2D eigenvalue weighted by molar-refractivity contribution is -0.122. The van der Waals surface area contributed by atoms with E-state index in [1.54, 1.807) is 0 Å². The summed E-state index contributed by atoms with van der Waals surface area (Å²) in [5.41, 5.74) is 0.773. The molecule has 0 unspecified atom stereocenters. The number of rotatable bonds is 6. The highest BCUT2D eigenvalue weighted by molar-refractivity contribution is 6.31. The highest BCUT2D eigenvalue weighted by Crippen LogP contribution is 2.19. The highest BCUT2D eigenvalue weighted by atomic mass is 35.5. The molecule has 0 aliphatic heterocycles. The second-order valence-electron chi connectivity index (χ2n) is 4.89. The molecule has 0 saturated heterocycles. The third-order valence-corrected chi connectivity index (χ3v) is 3.29. The Kier molecular flexibility index (Phi) is 4.61. The average Bonchev–Trinajstić information content (AvgIpc) is 3.15. The van der Waals surface area contributed by atoms with Crippen LogP contribution in [0.25, 0.3) is 0 Å². The molecule has 0 aromatic carbocycles. The Morgan fingerprint density at radius 1 is 1.53 bits per heavy atom. The van der Waals surface area contributed by atoms with Gasteiger partial charge >= 0.3 is 0 Å². The van der Waals surface area contributed by atoms with E-state index in [2.05, 4.69) is 15.6 Å². The molecule has 0 spiro atoms. The SMILES string of the molecule is CNc1ccc(Cl)c(CN(C)CC(=O)NC2CC2)n1. The number of nitrogens with one attached hydrogen (secondary N) is 2. The van der Waals surface area contributed by atoms with E-state index in [4.69, 9.17) is 11.6 Å². The second-order valence-corrected chi connectivity index (χ2v) is 5.30. The first-order valence-electron chi connectivity index (χ1n) is 6.39. The summed E-state index contributed by atoms with van der Waals surface area (Å²) >= 11 is 6.11. The molecule has 0 atom stereocenters. The van der Waals surface area contributed by atoms with Gasteiger partial charge in [0.2, 0.25) is 5.91 Å². The zero-order valence-electron chi connectivity index (χ0n) is 11.2. The van der Waals surface area contributed by atoms with Gasteiger partial charge in [-0.2, -0.15) is 0 Å². The third-order valence-electron chi connectivity index (χ3n) is 2.95. The molecule has 1 amide bonds. The Hall–Kier alpha value is -1.33. The molecule has 1 aromatic heterocycles. The topological polar surface area (TPSA) is 57.3 Å². The molecule has 0 radical (unpaired) electrons. The summed E-state index contributed by atoms with van der Waals surface area (Å²) < 4.78 is 0. The van der Waals surface area contributed by atoms with E-state index in [1.807, 2.05) is 31.1 Å². The number of pyridine rings is 1. The average molecular weight is 283 g/mol. The lowest BCUT2D eigenvalue weighted by Crippen LogP contribution is -2.36. The molecule has 1 aromatic rings. The number of carbonyl (C=O) groups excluding carboxylic acids is 1. The highest BCUT2D eigenvalue weighted by Gasteiger charge is 2.23. The molecule has 2 N–H and O–H groups in total. The van der Waals surface area contributed by atoms with Crippen LogP contribution in [0.3, 0.4) is 0 Å². The number of halogens is 1. The zero-order chi connectivity index (χ0) is 13.8. The molecule has 1 aliphatic rings. The van der Waals surface area contributed by atoms with Crippen LogP contribution >= 0.6 is 11.6 Å². The van der Waals surface area contributed by atoms with Gasteiger partial charge in [0.25, 0.3) is 0 Å². The Morgan fingerprint density at radius 2 is 2.26 bits per heavy atom. The van der Waals surface area contributed by atoms with Gasteiger partial charge < -0.3 is 10.6 Å². The lowest BCUT2D eigenvalue weighted by atomic mass is 10.3. The summed E-state index contributed by atoms with van der Waals surface area (Å²) in [6, 6.07) is 4.04. The summed E-state index contributed by atoms with van der Waals surface area (Å²) in [6.07, 6.45) is 2.21. The van der Waals surface area contributed by atoms with Gasteiger partial charge in [0.05, 0.1) is 17.3 Å². The predicted octanol–water partition coefficient (Wildman–Crippen LogP) is 1.49. The molecule has 1 saturated carbocycles. The summed E-state index contributed by atoms with van der Waals surface area (Å²) in [5, 5.41) is 6.56. The van der Waals surface area contributed by atoms with Crippen molar-refractivity contribution in [1.82, 2.24) is 15.2 Å². The number of carbonyl (C=O) groups is 1. The molecule has 19 heavy (non-hydrogen) atoms.